The van der Waals surface area contributed by atoms with Crippen LogP contribution in [0.15, 0.2) is 29.3 Å². The molecule has 104 valence electrons. The van der Waals surface area contributed by atoms with E-state index in [9.17, 15) is 9.59 Å². The molecule has 0 radical (unpaired) electrons. The highest BCUT2D eigenvalue weighted by Crippen LogP contribution is 2.30. The van der Waals surface area contributed by atoms with Gasteiger partial charge in [-0.3, -0.25) is 14.3 Å². The second kappa shape index (κ2) is 4.12. The van der Waals surface area contributed by atoms with E-state index < -0.39 is 0 Å². The normalized spacial score (nSPS) is 13.9. The van der Waals surface area contributed by atoms with E-state index in [4.69, 9.17) is 0 Å². The first-order valence-electron chi connectivity index (χ1n) is 6.72. The molecule has 0 saturated heterocycles. The molecule has 0 fully saturated rings. The number of aromatic nitrogens is 4. The highest BCUT2D eigenvalue weighted by atomic mass is 16.1. The van der Waals surface area contributed by atoms with Crippen molar-refractivity contribution in [3.05, 3.63) is 46.0 Å². The summed E-state index contributed by atoms with van der Waals surface area (Å²) in [6, 6.07) is 5.74. The average Bonchev–Trinajstić information content (AvgIpc) is 3.00. The van der Waals surface area contributed by atoms with Gasteiger partial charge in [0.2, 0.25) is 0 Å². The molecule has 1 aromatic carbocycles. The fourth-order valence-electron chi connectivity index (χ4n) is 2.94. The number of nitrogens with one attached hydrogen (secondary N) is 1. The highest BCUT2D eigenvalue weighted by molar-refractivity contribution is 6.01. The molecule has 4 rings (SSSR count). The maximum atomic E-state index is 11.8. The maximum absolute atomic E-state index is 11.8. The molecule has 2 heterocycles. The minimum absolute atomic E-state index is 0.195. The predicted octanol–water partition coefficient (Wildman–Crippen LogP) is 1.45. The topological polar surface area (TPSA) is 80.6 Å². The van der Waals surface area contributed by atoms with Crippen LogP contribution < -0.4 is 5.56 Å². The third-order valence-electron chi connectivity index (χ3n) is 3.93. The van der Waals surface area contributed by atoms with E-state index in [1.54, 1.807) is 11.7 Å². The smallest absolute Gasteiger partial charge is 0.279 e. The Bertz CT molecular complexity index is 952. The molecule has 0 amide bonds. The van der Waals surface area contributed by atoms with Crippen molar-refractivity contribution in [2.45, 2.75) is 12.8 Å². The average molecular weight is 280 g/mol. The zero-order chi connectivity index (χ0) is 14.6. The standard InChI is InChI=1S/C15H12N4O2/c1-19-14(12-13(18-19)15(21)17-7-16-12)9-2-4-10-8(6-9)3-5-11(10)20/h2,4,6-7H,3,5H2,1H3,(H,16,17,21). The zero-order valence-electron chi connectivity index (χ0n) is 11.4. The predicted molar refractivity (Wildman–Crippen MR) is 77.2 cm³/mol. The molecule has 1 aliphatic rings. The summed E-state index contributed by atoms with van der Waals surface area (Å²) in [6.07, 6.45) is 2.72. The lowest BCUT2D eigenvalue weighted by Crippen LogP contribution is -2.06. The Morgan fingerprint density at radius 2 is 2.05 bits per heavy atom. The van der Waals surface area contributed by atoms with Crippen LogP contribution in [-0.4, -0.2) is 25.5 Å². The second-order valence-electron chi connectivity index (χ2n) is 5.20. The van der Waals surface area contributed by atoms with Crippen LogP contribution in [0.2, 0.25) is 0 Å². The number of hydrogen-bond donors (Lipinski definition) is 1. The quantitative estimate of drug-likeness (QED) is 0.731. The lowest BCUT2D eigenvalue weighted by molar-refractivity contribution is 0.0994. The highest BCUT2D eigenvalue weighted by Gasteiger charge is 2.21. The summed E-state index contributed by atoms with van der Waals surface area (Å²) in [5, 5.41) is 4.24. The van der Waals surface area contributed by atoms with Gasteiger partial charge in [-0.15, -0.1) is 0 Å². The first-order valence-corrected chi connectivity index (χ1v) is 6.72. The van der Waals surface area contributed by atoms with Gasteiger partial charge in [0.25, 0.3) is 5.56 Å². The van der Waals surface area contributed by atoms with Gasteiger partial charge in [0.15, 0.2) is 11.3 Å². The number of nitrogens with zero attached hydrogens (tertiary/aromatic N) is 3. The molecule has 2 aromatic heterocycles. The van der Waals surface area contributed by atoms with E-state index in [-0.39, 0.29) is 11.3 Å². The molecule has 0 aliphatic heterocycles. The number of carbonyl (C=O) groups excluding carboxylic acids is 1. The number of Topliss-reactive ketones (excluding diaryl/α,β-unsaturated/α-hetero) is 1. The Labute approximate surface area is 119 Å². The van der Waals surface area contributed by atoms with Gasteiger partial charge in [-0.2, -0.15) is 5.10 Å². The largest absolute Gasteiger partial charge is 0.311 e. The summed E-state index contributed by atoms with van der Waals surface area (Å²) in [6.45, 7) is 0. The van der Waals surface area contributed by atoms with Gasteiger partial charge < -0.3 is 4.98 Å². The van der Waals surface area contributed by atoms with Gasteiger partial charge in [-0.1, -0.05) is 12.1 Å². The number of rotatable bonds is 1. The molecule has 1 aliphatic carbocycles. The number of ketones is 1. The maximum Gasteiger partial charge on any atom is 0.279 e. The number of benzene rings is 1. The summed E-state index contributed by atoms with van der Waals surface area (Å²) in [5.41, 5.74) is 4.22. The lowest BCUT2D eigenvalue weighted by atomic mass is 10.0. The van der Waals surface area contributed by atoms with Crippen LogP contribution >= 0.6 is 0 Å². The number of hydrogen-bond acceptors (Lipinski definition) is 4. The molecule has 0 saturated carbocycles. The minimum Gasteiger partial charge on any atom is -0.311 e. The molecular formula is C15H12N4O2. The second-order valence-corrected chi connectivity index (χ2v) is 5.20. The lowest BCUT2D eigenvalue weighted by Gasteiger charge is -2.05. The molecule has 21 heavy (non-hydrogen) atoms. The summed E-state index contributed by atoms with van der Waals surface area (Å²) in [7, 11) is 1.79. The van der Waals surface area contributed by atoms with E-state index in [0.29, 0.717) is 17.5 Å². The Hall–Kier alpha value is -2.76. The summed E-state index contributed by atoms with van der Waals surface area (Å²) < 4.78 is 1.66. The Balaban J connectivity index is 1.99. The van der Waals surface area contributed by atoms with Crippen molar-refractivity contribution in [1.82, 2.24) is 19.7 Å². The van der Waals surface area contributed by atoms with E-state index in [1.807, 2.05) is 18.2 Å². The fourth-order valence-corrected chi connectivity index (χ4v) is 2.94. The number of aryl methyl sites for hydroxylation is 2. The van der Waals surface area contributed by atoms with Gasteiger partial charge in [-0.25, -0.2) is 4.98 Å². The SMILES string of the molecule is Cn1nc2c(=O)[nH]cnc2c1-c1ccc2c(c1)CCC2=O. The zero-order valence-corrected chi connectivity index (χ0v) is 11.4. The van der Waals surface area contributed by atoms with E-state index in [1.165, 1.54) is 6.33 Å². The van der Waals surface area contributed by atoms with Crippen molar-refractivity contribution in [1.29, 1.82) is 0 Å². The van der Waals surface area contributed by atoms with Crippen LogP contribution in [0.5, 0.6) is 0 Å². The van der Waals surface area contributed by atoms with Gasteiger partial charge >= 0.3 is 0 Å². The van der Waals surface area contributed by atoms with Crippen molar-refractivity contribution in [2.24, 2.45) is 7.05 Å². The first-order chi connectivity index (χ1) is 10.1. The van der Waals surface area contributed by atoms with Crippen LogP contribution in [-0.2, 0) is 13.5 Å². The van der Waals surface area contributed by atoms with Crippen LogP contribution in [0.1, 0.15) is 22.3 Å². The van der Waals surface area contributed by atoms with Crippen LogP contribution in [0.25, 0.3) is 22.3 Å². The molecule has 6 heteroatoms. The molecule has 0 spiro atoms. The van der Waals surface area contributed by atoms with Crippen molar-refractivity contribution in [2.75, 3.05) is 0 Å². The summed E-state index contributed by atoms with van der Waals surface area (Å²) in [4.78, 5) is 30.3. The Morgan fingerprint density at radius 1 is 1.19 bits per heavy atom. The first kappa shape index (κ1) is 12.0. The summed E-state index contributed by atoms with van der Waals surface area (Å²) >= 11 is 0. The summed E-state index contributed by atoms with van der Waals surface area (Å²) in [5.74, 6) is 0.195. The van der Waals surface area contributed by atoms with Gasteiger partial charge in [0.1, 0.15) is 5.52 Å². The van der Waals surface area contributed by atoms with Gasteiger partial charge in [-0.05, 0) is 18.1 Å². The van der Waals surface area contributed by atoms with Crippen LogP contribution in [0.4, 0.5) is 0 Å². The number of H-pyrrole nitrogens is 1. The number of carbonyl (C=O) groups is 1. The number of fused-ring (bicyclic) bond motifs is 2. The Kier molecular flexibility index (Phi) is 2.35. The molecule has 0 bridgehead atoms. The van der Waals surface area contributed by atoms with Gasteiger partial charge in [0.05, 0.1) is 12.0 Å². The molecule has 0 atom stereocenters. The van der Waals surface area contributed by atoms with E-state index in [2.05, 4.69) is 15.1 Å². The van der Waals surface area contributed by atoms with E-state index in [0.717, 1.165) is 28.8 Å². The fraction of sp³-hybridized carbons (Fsp3) is 0.200. The minimum atomic E-state index is -0.252. The third-order valence-corrected chi connectivity index (χ3v) is 3.93. The molecule has 3 aromatic rings. The van der Waals surface area contributed by atoms with Crippen molar-refractivity contribution >= 4 is 16.8 Å². The van der Waals surface area contributed by atoms with E-state index >= 15 is 0 Å². The molecule has 1 N–H and O–H groups in total. The van der Waals surface area contributed by atoms with Gasteiger partial charge in [0, 0.05) is 24.6 Å². The number of aromatic amines is 1. The third kappa shape index (κ3) is 1.65. The van der Waals surface area contributed by atoms with Crippen molar-refractivity contribution in [3.8, 4) is 11.3 Å². The molecule has 6 nitrogen and oxygen atoms in total. The van der Waals surface area contributed by atoms with Crippen molar-refractivity contribution in [3.63, 3.8) is 0 Å². The molecule has 0 unspecified atom stereocenters. The van der Waals surface area contributed by atoms with Crippen LogP contribution in [0, 0.1) is 0 Å². The molecular weight excluding hydrogens is 268 g/mol. The van der Waals surface area contributed by atoms with Crippen LogP contribution in [0.3, 0.4) is 0 Å². The monoisotopic (exact) mass is 280 g/mol. The Morgan fingerprint density at radius 3 is 2.90 bits per heavy atom. The van der Waals surface area contributed by atoms with Crippen molar-refractivity contribution < 1.29 is 4.79 Å².